The summed E-state index contributed by atoms with van der Waals surface area (Å²) in [5.74, 6) is 0.640. The Morgan fingerprint density at radius 3 is 2.40 bits per heavy atom. The van der Waals surface area contributed by atoms with Gasteiger partial charge in [-0.2, -0.15) is 4.31 Å². The number of aryl methyl sites for hydroxylation is 1. The Bertz CT molecular complexity index is 780. The van der Waals surface area contributed by atoms with Crippen molar-refractivity contribution in [2.75, 3.05) is 18.4 Å². The van der Waals surface area contributed by atoms with E-state index < -0.39 is 10.0 Å². The normalized spacial score (nSPS) is 15.4. The van der Waals surface area contributed by atoms with E-state index in [9.17, 15) is 8.42 Å². The van der Waals surface area contributed by atoms with Crippen molar-refractivity contribution in [3.8, 4) is 0 Å². The van der Waals surface area contributed by atoms with Gasteiger partial charge < -0.3 is 5.32 Å². The second-order valence-electron chi connectivity index (χ2n) is 6.42. The number of sulfonamides is 1. The molecule has 0 radical (unpaired) electrons. The first-order valence-electron chi connectivity index (χ1n) is 8.92. The predicted molar refractivity (Wildman–Crippen MR) is 101 cm³/mol. The SMILES string of the molecule is CCCCc1ccc(Nc2ccc(S(=O)(=O)N3CCCC3)cn2)cc1. The van der Waals surface area contributed by atoms with Crippen LogP contribution in [0.25, 0.3) is 0 Å². The number of benzene rings is 1. The lowest BCUT2D eigenvalue weighted by molar-refractivity contribution is 0.477. The molecule has 2 aromatic rings. The van der Waals surface area contributed by atoms with E-state index in [2.05, 4.69) is 29.4 Å². The Morgan fingerprint density at radius 1 is 1.08 bits per heavy atom. The number of hydrogen-bond donors (Lipinski definition) is 1. The van der Waals surface area contributed by atoms with Crippen molar-refractivity contribution in [2.24, 2.45) is 0 Å². The van der Waals surface area contributed by atoms with E-state index in [0.29, 0.717) is 18.9 Å². The maximum Gasteiger partial charge on any atom is 0.244 e. The quantitative estimate of drug-likeness (QED) is 0.813. The summed E-state index contributed by atoms with van der Waals surface area (Å²) in [7, 11) is -3.40. The highest BCUT2D eigenvalue weighted by molar-refractivity contribution is 7.89. The molecule has 0 aliphatic carbocycles. The van der Waals surface area contributed by atoms with E-state index in [-0.39, 0.29) is 4.90 Å². The molecule has 1 aromatic carbocycles. The second-order valence-corrected chi connectivity index (χ2v) is 8.35. The molecule has 0 spiro atoms. The molecule has 1 fully saturated rings. The van der Waals surface area contributed by atoms with Crippen molar-refractivity contribution in [3.63, 3.8) is 0 Å². The van der Waals surface area contributed by atoms with Crippen LogP contribution in [-0.4, -0.2) is 30.8 Å². The van der Waals surface area contributed by atoms with Gasteiger partial charge in [-0.15, -0.1) is 0 Å². The van der Waals surface area contributed by atoms with Gasteiger partial charge in [0.05, 0.1) is 0 Å². The number of hydrogen-bond acceptors (Lipinski definition) is 4. The van der Waals surface area contributed by atoms with Gasteiger partial charge in [-0.1, -0.05) is 25.5 Å². The molecular formula is C19H25N3O2S. The molecule has 5 nitrogen and oxygen atoms in total. The highest BCUT2D eigenvalue weighted by Crippen LogP contribution is 2.22. The predicted octanol–water partition coefficient (Wildman–Crippen LogP) is 3.95. The van der Waals surface area contributed by atoms with Gasteiger partial charge in [0.2, 0.25) is 10.0 Å². The molecule has 6 heteroatoms. The molecule has 0 atom stereocenters. The summed E-state index contributed by atoms with van der Waals surface area (Å²) in [6.07, 6.45) is 6.78. The number of anilines is 2. The van der Waals surface area contributed by atoms with Crippen LogP contribution in [-0.2, 0) is 16.4 Å². The van der Waals surface area contributed by atoms with Crippen LogP contribution in [0.15, 0.2) is 47.5 Å². The summed E-state index contributed by atoms with van der Waals surface area (Å²) >= 11 is 0. The maximum absolute atomic E-state index is 12.5. The van der Waals surface area contributed by atoms with E-state index in [1.165, 1.54) is 28.9 Å². The Morgan fingerprint density at radius 2 is 1.80 bits per heavy atom. The number of aromatic nitrogens is 1. The molecule has 0 bridgehead atoms. The summed E-state index contributed by atoms with van der Waals surface area (Å²) in [6, 6.07) is 11.6. The van der Waals surface area contributed by atoms with Gasteiger partial charge in [0, 0.05) is 25.0 Å². The molecule has 1 aromatic heterocycles. The van der Waals surface area contributed by atoms with Crippen molar-refractivity contribution >= 4 is 21.5 Å². The van der Waals surface area contributed by atoms with Crippen LogP contribution < -0.4 is 5.32 Å². The Hall–Kier alpha value is -1.92. The Kier molecular flexibility index (Phi) is 5.71. The maximum atomic E-state index is 12.5. The number of nitrogens with one attached hydrogen (secondary N) is 1. The van der Waals surface area contributed by atoms with E-state index in [1.807, 2.05) is 12.1 Å². The molecule has 0 unspecified atom stereocenters. The van der Waals surface area contributed by atoms with Crippen LogP contribution in [0.2, 0.25) is 0 Å². The first-order chi connectivity index (χ1) is 12.1. The zero-order valence-electron chi connectivity index (χ0n) is 14.6. The Balaban J connectivity index is 1.66. The van der Waals surface area contributed by atoms with Crippen molar-refractivity contribution in [3.05, 3.63) is 48.2 Å². The topological polar surface area (TPSA) is 62.3 Å². The molecular weight excluding hydrogens is 334 g/mol. The number of nitrogens with zero attached hydrogens (tertiary/aromatic N) is 2. The molecule has 1 saturated heterocycles. The van der Waals surface area contributed by atoms with Crippen LogP contribution >= 0.6 is 0 Å². The summed E-state index contributed by atoms with van der Waals surface area (Å²) in [4.78, 5) is 4.53. The molecule has 0 amide bonds. The van der Waals surface area contributed by atoms with Gasteiger partial charge in [0.15, 0.2) is 0 Å². The molecule has 1 aliphatic rings. The number of unbranched alkanes of at least 4 members (excludes halogenated alkanes) is 1. The molecule has 134 valence electrons. The zero-order chi connectivity index (χ0) is 17.7. The molecule has 1 N–H and O–H groups in total. The summed E-state index contributed by atoms with van der Waals surface area (Å²) in [5.41, 5.74) is 2.27. The van der Waals surface area contributed by atoms with Crippen LogP contribution in [0, 0.1) is 0 Å². The summed E-state index contributed by atoms with van der Waals surface area (Å²) in [5, 5.41) is 3.22. The first kappa shape index (κ1) is 17.9. The average Bonchev–Trinajstić information content (AvgIpc) is 3.17. The van der Waals surface area contributed by atoms with Crippen molar-refractivity contribution < 1.29 is 8.42 Å². The minimum Gasteiger partial charge on any atom is -0.340 e. The largest absolute Gasteiger partial charge is 0.340 e. The van der Waals surface area contributed by atoms with E-state index in [0.717, 1.165) is 24.9 Å². The van der Waals surface area contributed by atoms with E-state index in [1.54, 1.807) is 12.1 Å². The van der Waals surface area contributed by atoms with Crippen LogP contribution in [0.1, 0.15) is 38.2 Å². The van der Waals surface area contributed by atoms with Crippen molar-refractivity contribution in [1.29, 1.82) is 0 Å². The summed E-state index contributed by atoms with van der Waals surface area (Å²) in [6.45, 7) is 3.40. The standard InChI is InChI=1S/C19H25N3O2S/c1-2-3-6-16-7-9-17(10-8-16)21-19-12-11-18(15-20-19)25(23,24)22-13-4-5-14-22/h7-12,15H,2-6,13-14H2,1H3,(H,20,21). The highest BCUT2D eigenvalue weighted by Gasteiger charge is 2.27. The lowest BCUT2D eigenvalue weighted by Gasteiger charge is -2.15. The lowest BCUT2D eigenvalue weighted by atomic mass is 10.1. The van der Waals surface area contributed by atoms with Crippen molar-refractivity contribution in [2.45, 2.75) is 43.9 Å². The van der Waals surface area contributed by atoms with Gasteiger partial charge in [-0.25, -0.2) is 13.4 Å². The molecule has 3 rings (SSSR count). The third-order valence-corrected chi connectivity index (χ3v) is 6.37. The fraction of sp³-hybridized carbons (Fsp3) is 0.421. The smallest absolute Gasteiger partial charge is 0.244 e. The number of rotatable bonds is 7. The first-order valence-corrected chi connectivity index (χ1v) is 10.4. The van der Waals surface area contributed by atoms with Gasteiger partial charge in [0.25, 0.3) is 0 Å². The monoisotopic (exact) mass is 359 g/mol. The second kappa shape index (κ2) is 7.97. The fourth-order valence-electron chi connectivity index (χ4n) is 2.97. The molecule has 25 heavy (non-hydrogen) atoms. The van der Waals surface area contributed by atoms with E-state index >= 15 is 0 Å². The van der Waals surface area contributed by atoms with E-state index in [4.69, 9.17) is 0 Å². The summed E-state index contributed by atoms with van der Waals surface area (Å²) < 4.78 is 26.5. The number of pyridine rings is 1. The third-order valence-electron chi connectivity index (χ3n) is 4.48. The van der Waals surface area contributed by atoms with Crippen LogP contribution in [0.3, 0.4) is 0 Å². The van der Waals surface area contributed by atoms with Crippen LogP contribution in [0.5, 0.6) is 0 Å². The zero-order valence-corrected chi connectivity index (χ0v) is 15.4. The van der Waals surface area contributed by atoms with Gasteiger partial charge in [0.1, 0.15) is 10.7 Å². The molecule has 1 aliphatic heterocycles. The third kappa shape index (κ3) is 4.38. The average molecular weight is 359 g/mol. The van der Waals surface area contributed by atoms with Crippen LogP contribution in [0.4, 0.5) is 11.5 Å². The molecule has 0 saturated carbocycles. The lowest BCUT2D eigenvalue weighted by Crippen LogP contribution is -2.27. The highest BCUT2D eigenvalue weighted by atomic mass is 32.2. The van der Waals surface area contributed by atoms with Gasteiger partial charge in [-0.3, -0.25) is 0 Å². The fourth-order valence-corrected chi connectivity index (χ4v) is 4.43. The minimum absolute atomic E-state index is 0.259. The Labute approximate surface area is 150 Å². The van der Waals surface area contributed by atoms with Crippen molar-refractivity contribution in [1.82, 2.24) is 9.29 Å². The van der Waals surface area contributed by atoms with Gasteiger partial charge in [-0.05, 0) is 55.5 Å². The minimum atomic E-state index is -3.40. The van der Waals surface area contributed by atoms with Gasteiger partial charge >= 0.3 is 0 Å². The molecule has 2 heterocycles.